The lowest BCUT2D eigenvalue weighted by Crippen LogP contribution is -2.24. The van der Waals surface area contributed by atoms with Crippen LogP contribution >= 0.6 is 11.3 Å². The molecule has 0 saturated carbocycles. The van der Waals surface area contributed by atoms with Gasteiger partial charge in [0.1, 0.15) is 0 Å². The van der Waals surface area contributed by atoms with Gasteiger partial charge in [-0.2, -0.15) is 5.10 Å². The monoisotopic (exact) mass is 396 g/mol. The summed E-state index contributed by atoms with van der Waals surface area (Å²) < 4.78 is 1.92. The van der Waals surface area contributed by atoms with Gasteiger partial charge in [-0.15, -0.1) is 11.3 Å². The fourth-order valence-electron chi connectivity index (χ4n) is 3.15. The smallest absolute Gasteiger partial charge is 0.226 e. The first kappa shape index (κ1) is 20.3. The summed E-state index contributed by atoms with van der Waals surface area (Å²) in [6, 6.07) is 9.91. The number of carbonyl (C=O) groups excluding carboxylic acids is 1. The Hall–Kier alpha value is -2.47. The molecule has 0 atom stereocenters. The Labute approximate surface area is 170 Å². The molecule has 0 saturated heterocycles. The average molecular weight is 397 g/mol. The number of hydrogen-bond donors (Lipinski definition) is 1. The zero-order valence-corrected chi connectivity index (χ0v) is 17.8. The molecule has 148 valence electrons. The number of nitrogens with one attached hydrogen (secondary N) is 1. The molecule has 0 aliphatic heterocycles. The number of aryl methyl sites for hydroxylation is 1. The molecule has 3 aromatic rings. The summed E-state index contributed by atoms with van der Waals surface area (Å²) in [6.45, 7) is 9.18. The molecule has 1 N–H and O–H groups in total. The minimum atomic E-state index is -0.0216. The van der Waals surface area contributed by atoms with E-state index in [-0.39, 0.29) is 12.3 Å². The normalized spacial score (nSPS) is 11.2. The minimum Gasteiger partial charge on any atom is -0.352 e. The van der Waals surface area contributed by atoms with Crippen LogP contribution in [0.25, 0.3) is 5.13 Å². The van der Waals surface area contributed by atoms with Crippen molar-refractivity contribution in [3.05, 3.63) is 63.9 Å². The van der Waals surface area contributed by atoms with Crippen molar-refractivity contribution >= 4 is 17.2 Å². The Morgan fingerprint density at radius 2 is 1.96 bits per heavy atom. The van der Waals surface area contributed by atoms with Crippen molar-refractivity contribution in [3.63, 3.8) is 0 Å². The Morgan fingerprint density at radius 3 is 2.68 bits per heavy atom. The largest absolute Gasteiger partial charge is 0.352 e. The van der Waals surface area contributed by atoms with Crippen molar-refractivity contribution in [2.75, 3.05) is 0 Å². The van der Waals surface area contributed by atoms with Crippen molar-refractivity contribution in [2.24, 2.45) is 5.92 Å². The van der Waals surface area contributed by atoms with Gasteiger partial charge in [0.05, 0.1) is 17.8 Å². The van der Waals surface area contributed by atoms with E-state index in [0.29, 0.717) is 12.5 Å². The Morgan fingerprint density at radius 1 is 1.21 bits per heavy atom. The fourth-order valence-corrected chi connectivity index (χ4v) is 3.98. The number of aromatic nitrogens is 3. The van der Waals surface area contributed by atoms with Crippen LogP contribution in [0.2, 0.25) is 0 Å². The van der Waals surface area contributed by atoms with E-state index >= 15 is 0 Å². The Kier molecular flexibility index (Phi) is 6.62. The standard InChI is InChI=1S/C22H28N4OS/c1-15(2)10-11-20-16(3)25-26(17(20)4)22-24-19(14-28-22)12-21(27)23-13-18-8-6-5-7-9-18/h5-9,14-15H,10-13H2,1-4H3,(H,23,27). The first-order valence-electron chi connectivity index (χ1n) is 9.74. The number of nitrogens with zero attached hydrogens (tertiary/aromatic N) is 3. The summed E-state index contributed by atoms with van der Waals surface area (Å²) in [4.78, 5) is 16.9. The predicted octanol–water partition coefficient (Wildman–Crippen LogP) is 4.39. The zero-order chi connectivity index (χ0) is 20.1. The molecule has 0 spiro atoms. The van der Waals surface area contributed by atoms with Crippen LogP contribution in [0.1, 0.15) is 48.5 Å². The van der Waals surface area contributed by atoms with Gasteiger partial charge in [-0.05, 0) is 43.7 Å². The SMILES string of the molecule is Cc1nn(-c2nc(CC(=O)NCc3ccccc3)cs2)c(C)c1CCC(C)C. The molecule has 0 radical (unpaired) electrons. The summed E-state index contributed by atoms with van der Waals surface area (Å²) in [5, 5.41) is 10.4. The lowest BCUT2D eigenvalue weighted by molar-refractivity contribution is -0.120. The van der Waals surface area contributed by atoms with Gasteiger partial charge < -0.3 is 5.32 Å². The highest BCUT2D eigenvalue weighted by molar-refractivity contribution is 7.12. The van der Waals surface area contributed by atoms with Crippen LogP contribution in [0.4, 0.5) is 0 Å². The molecule has 1 amide bonds. The molecule has 2 aromatic heterocycles. The summed E-state index contributed by atoms with van der Waals surface area (Å²) in [6.07, 6.45) is 2.47. The highest BCUT2D eigenvalue weighted by Crippen LogP contribution is 2.23. The molecular weight excluding hydrogens is 368 g/mol. The van der Waals surface area contributed by atoms with Crippen LogP contribution < -0.4 is 5.32 Å². The quantitative estimate of drug-likeness (QED) is 0.614. The van der Waals surface area contributed by atoms with E-state index in [9.17, 15) is 4.79 Å². The first-order valence-corrected chi connectivity index (χ1v) is 10.6. The van der Waals surface area contributed by atoms with Crippen molar-refractivity contribution in [3.8, 4) is 5.13 Å². The molecule has 0 aliphatic carbocycles. The fraction of sp³-hybridized carbons (Fsp3) is 0.409. The van der Waals surface area contributed by atoms with Gasteiger partial charge in [0, 0.05) is 17.6 Å². The van der Waals surface area contributed by atoms with Gasteiger partial charge in [-0.3, -0.25) is 4.79 Å². The zero-order valence-electron chi connectivity index (χ0n) is 17.0. The number of carbonyl (C=O) groups is 1. The molecule has 1 aromatic carbocycles. The van der Waals surface area contributed by atoms with Crippen molar-refractivity contribution < 1.29 is 4.79 Å². The van der Waals surface area contributed by atoms with E-state index in [1.807, 2.05) is 40.4 Å². The Balaban J connectivity index is 1.64. The molecule has 0 unspecified atom stereocenters. The molecule has 28 heavy (non-hydrogen) atoms. The highest BCUT2D eigenvalue weighted by Gasteiger charge is 2.16. The third-order valence-electron chi connectivity index (χ3n) is 4.81. The van der Waals surface area contributed by atoms with E-state index in [2.05, 4.69) is 38.0 Å². The second-order valence-electron chi connectivity index (χ2n) is 7.55. The molecule has 2 heterocycles. The summed E-state index contributed by atoms with van der Waals surface area (Å²) in [7, 11) is 0. The lowest BCUT2D eigenvalue weighted by Gasteiger charge is -2.05. The molecular formula is C22H28N4OS. The van der Waals surface area contributed by atoms with Gasteiger partial charge in [0.25, 0.3) is 0 Å². The van der Waals surface area contributed by atoms with Crippen LogP contribution in [0.3, 0.4) is 0 Å². The van der Waals surface area contributed by atoms with Gasteiger partial charge >= 0.3 is 0 Å². The molecule has 3 rings (SSSR count). The second kappa shape index (κ2) is 9.15. The van der Waals surface area contributed by atoms with E-state index < -0.39 is 0 Å². The topological polar surface area (TPSA) is 59.8 Å². The van der Waals surface area contributed by atoms with Crippen molar-refractivity contribution in [1.29, 1.82) is 0 Å². The van der Waals surface area contributed by atoms with E-state index in [1.54, 1.807) is 0 Å². The number of benzene rings is 1. The summed E-state index contributed by atoms with van der Waals surface area (Å²) >= 11 is 1.53. The summed E-state index contributed by atoms with van der Waals surface area (Å²) in [5.41, 5.74) is 5.39. The molecule has 5 nitrogen and oxygen atoms in total. The molecule has 6 heteroatoms. The van der Waals surface area contributed by atoms with Crippen LogP contribution in [0, 0.1) is 19.8 Å². The maximum absolute atomic E-state index is 12.2. The van der Waals surface area contributed by atoms with Gasteiger partial charge in [-0.25, -0.2) is 9.67 Å². The van der Waals surface area contributed by atoms with Crippen LogP contribution in [0.5, 0.6) is 0 Å². The third kappa shape index (κ3) is 5.07. The van der Waals surface area contributed by atoms with Gasteiger partial charge in [-0.1, -0.05) is 44.2 Å². The lowest BCUT2D eigenvalue weighted by atomic mass is 10.0. The first-order chi connectivity index (χ1) is 13.4. The third-order valence-corrected chi connectivity index (χ3v) is 5.67. The van der Waals surface area contributed by atoms with Crippen molar-refractivity contribution in [1.82, 2.24) is 20.1 Å². The second-order valence-corrected chi connectivity index (χ2v) is 8.39. The van der Waals surface area contributed by atoms with Gasteiger partial charge in [0.15, 0.2) is 0 Å². The number of thiazole rings is 1. The average Bonchev–Trinajstić information content (AvgIpc) is 3.23. The van der Waals surface area contributed by atoms with E-state index in [0.717, 1.165) is 40.6 Å². The predicted molar refractivity (Wildman–Crippen MR) is 114 cm³/mol. The highest BCUT2D eigenvalue weighted by atomic mass is 32.1. The van der Waals surface area contributed by atoms with Gasteiger partial charge in [0.2, 0.25) is 11.0 Å². The molecule has 0 aliphatic rings. The van der Waals surface area contributed by atoms with Crippen LogP contribution in [0.15, 0.2) is 35.7 Å². The van der Waals surface area contributed by atoms with Crippen LogP contribution in [-0.4, -0.2) is 20.7 Å². The maximum atomic E-state index is 12.2. The molecule has 0 bridgehead atoms. The number of rotatable bonds is 8. The minimum absolute atomic E-state index is 0.0216. The summed E-state index contributed by atoms with van der Waals surface area (Å²) in [5.74, 6) is 0.648. The number of amides is 1. The van der Waals surface area contributed by atoms with Crippen LogP contribution in [-0.2, 0) is 24.2 Å². The number of hydrogen-bond acceptors (Lipinski definition) is 4. The maximum Gasteiger partial charge on any atom is 0.226 e. The Bertz CT molecular complexity index is 927. The van der Waals surface area contributed by atoms with Crippen molar-refractivity contribution in [2.45, 2.75) is 53.5 Å². The molecule has 0 fully saturated rings. The van der Waals surface area contributed by atoms with E-state index in [1.165, 1.54) is 16.9 Å². The van der Waals surface area contributed by atoms with E-state index in [4.69, 9.17) is 5.10 Å².